The van der Waals surface area contributed by atoms with Crippen LogP contribution >= 0.6 is 0 Å². The van der Waals surface area contributed by atoms with E-state index in [0.29, 0.717) is 17.6 Å². The molecular formula is C15H14O2. The summed E-state index contributed by atoms with van der Waals surface area (Å²) in [6.07, 6.45) is 3.16. The fourth-order valence-corrected chi connectivity index (χ4v) is 1.88. The average molecular weight is 226 g/mol. The van der Waals surface area contributed by atoms with Crippen molar-refractivity contribution < 1.29 is 9.59 Å². The highest BCUT2D eigenvalue weighted by molar-refractivity contribution is 6.51. The average Bonchev–Trinajstić information content (AvgIpc) is 2.32. The minimum absolute atomic E-state index is 0.370. The molecule has 1 aromatic rings. The zero-order valence-electron chi connectivity index (χ0n) is 9.82. The molecule has 0 amide bonds. The van der Waals surface area contributed by atoms with Crippen molar-refractivity contribution in [1.29, 1.82) is 0 Å². The normalized spacial score (nSPS) is 14.3. The maximum Gasteiger partial charge on any atom is 0.233 e. The summed E-state index contributed by atoms with van der Waals surface area (Å²) in [5.41, 5.74) is 2.96. The van der Waals surface area contributed by atoms with Crippen LogP contribution in [0.25, 0.3) is 6.08 Å². The molecule has 0 N–H and O–H groups in total. The van der Waals surface area contributed by atoms with Gasteiger partial charge in [-0.1, -0.05) is 29.8 Å². The third-order valence-corrected chi connectivity index (χ3v) is 2.85. The molecule has 2 nitrogen and oxygen atoms in total. The van der Waals surface area contributed by atoms with Gasteiger partial charge in [0, 0.05) is 11.1 Å². The van der Waals surface area contributed by atoms with Gasteiger partial charge in [0.1, 0.15) is 0 Å². The van der Waals surface area contributed by atoms with Gasteiger partial charge in [-0.05, 0) is 31.4 Å². The first-order valence-corrected chi connectivity index (χ1v) is 5.62. The standard InChI is InChI=1S/C15H14O2/c1-10(2)7-8-12-9-11-5-3-4-6-13(11)15(17)14(12)16/h3-6,9H,1,7-8H2,2H3. The Bertz CT molecular complexity index is 536. The third kappa shape index (κ3) is 2.26. The summed E-state index contributed by atoms with van der Waals surface area (Å²) in [6, 6.07) is 7.20. The molecule has 0 saturated heterocycles. The van der Waals surface area contributed by atoms with E-state index in [1.54, 1.807) is 12.1 Å². The Labute approximate surface area is 101 Å². The van der Waals surface area contributed by atoms with Gasteiger partial charge >= 0.3 is 0 Å². The number of fused-ring (bicyclic) bond motifs is 1. The van der Waals surface area contributed by atoms with Crippen LogP contribution in [0, 0.1) is 0 Å². The molecule has 1 aromatic carbocycles. The molecule has 0 fully saturated rings. The first-order chi connectivity index (χ1) is 8.09. The molecule has 2 rings (SSSR count). The zero-order chi connectivity index (χ0) is 12.4. The second-order valence-electron chi connectivity index (χ2n) is 4.37. The molecule has 2 heteroatoms. The summed E-state index contributed by atoms with van der Waals surface area (Å²) < 4.78 is 0. The molecule has 1 aliphatic rings. The van der Waals surface area contributed by atoms with E-state index in [1.165, 1.54) is 0 Å². The molecule has 1 aliphatic carbocycles. The molecule has 86 valence electrons. The number of carbonyl (C=O) groups is 2. The van der Waals surface area contributed by atoms with E-state index < -0.39 is 0 Å². The summed E-state index contributed by atoms with van der Waals surface area (Å²) in [5, 5.41) is 0. The van der Waals surface area contributed by atoms with Crippen molar-refractivity contribution in [3.63, 3.8) is 0 Å². The summed E-state index contributed by atoms with van der Waals surface area (Å²) in [4.78, 5) is 23.7. The molecule has 0 unspecified atom stereocenters. The van der Waals surface area contributed by atoms with Crippen LogP contribution in [0.15, 0.2) is 42.0 Å². The Morgan fingerprint density at radius 2 is 1.88 bits per heavy atom. The largest absolute Gasteiger partial charge is 0.285 e. The van der Waals surface area contributed by atoms with Gasteiger partial charge in [-0.25, -0.2) is 0 Å². The Morgan fingerprint density at radius 1 is 1.18 bits per heavy atom. The highest BCUT2D eigenvalue weighted by atomic mass is 16.2. The van der Waals surface area contributed by atoms with Crippen LogP contribution in [-0.4, -0.2) is 11.6 Å². The van der Waals surface area contributed by atoms with E-state index >= 15 is 0 Å². The van der Waals surface area contributed by atoms with Crippen LogP contribution < -0.4 is 0 Å². The van der Waals surface area contributed by atoms with Crippen LogP contribution in [-0.2, 0) is 4.79 Å². The number of rotatable bonds is 3. The molecular weight excluding hydrogens is 212 g/mol. The fraction of sp³-hybridized carbons (Fsp3) is 0.200. The molecule has 0 spiro atoms. The highest BCUT2D eigenvalue weighted by Crippen LogP contribution is 2.24. The van der Waals surface area contributed by atoms with Crippen molar-refractivity contribution >= 4 is 17.6 Å². The Hall–Kier alpha value is -1.96. The predicted octanol–water partition coefficient (Wildman–Crippen LogP) is 3.19. The Morgan fingerprint density at radius 3 is 2.59 bits per heavy atom. The minimum Gasteiger partial charge on any atom is -0.285 e. The smallest absolute Gasteiger partial charge is 0.233 e. The topological polar surface area (TPSA) is 34.1 Å². The lowest BCUT2D eigenvalue weighted by Crippen LogP contribution is -2.21. The van der Waals surface area contributed by atoms with Crippen molar-refractivity contribution in [2.75, 3.05) is 0 Å². The highest BCUT2D eigenvalue weighted by Gasteiger charge is 2.26. The van der Waals surface area contributed by atoms with Gasteiger partial charge in [-0.15, -0.1) is 6.58 Å². The number of ketones is 2. The van der Waals surface area contributed by atoms with Gasteiger partial charge < -0.3 is 0 Å². The number of benzene rings is 1. The van der Waals surface area contributed by atoms with Gasteiger partial charge in [0.2, 0.25) is 11.6 Å². The van der Waals surface area contributed by atoms with E-state index in [0.717, 1.165) is 17.6 Å². The van der Waals surface area contributed by atoms with Crippen LogP contribution in [0.1, 0.15) is 35.7 Å². The van der Waals surface area contributed by atoms with Crippen LogP contribution in [0.5, 0.6) is 0 Å². The van der Waals surface area contributed by atoms with Crippen LogP contribution in [0.4, 0.5) is 0 Å². The monoisotopic (exact) mass is 226 g/mol. The van der Waals surface area contributed by atoms with E-state index in [1.807, 2.05) is 25.1 Å². The van der Waals surface area contributed by atoms with E-state index in [9.17, 15) is 9.59 Å². The van der Waals surface area contributed by atoms with Gasteiger partial charge in [-0.2, -0.15) is 0 Å². The summed E-state index contributed by atoms with van der Waals surface area (Å²) in [5.74, 6) is -0.759. The molecule has 0 atom stereocenters. The number of allylic oxidation sites excluding steroid dienone is 2. The lowest BCUT2D eigenvalue weighted by Gasteiger charge is -2.14. The van der Waals surface area contributed by atoms with Crippen LogP contribution in [0.3, 0.4) is 0 Å². The van der Waals surface area contributed by atoms with Gasteiger partial charge in [0.25, 0.3) is 0 Å². The van der Waals surface area contributed by atoms with Crippen molar-refractivity contribution in [2.45, 2.75) is 19.8 Å². The summed E-state index contributed by atoms with van der Waals surface area (Å²) in [6.45, 7) is 5.72. The number of hydrogen-bond donors (Lipinski definition) is 0. The van der Waals surface area contributed by atoms with Gasteiger partial charge in [0.05, 0.1) is 0 Å². The molecule has 0 heterocycles. The molecule has 0 aromatic heterocycles. The second kappa shape index (κ2) is 4.50. The van der Waals surface area contributed by atoms with Crippen molar-refractivity contribution in [3.05, 3.63) is 53.1 Å². The number of Topliss-reactive ketones (excluding diaryl/α,β-unsaturated/α-hetero) is 2. The lowest BCUT2D eigenvalue weighted by molar-refractivity contribution is -0.112. The SMILES string of the molecule is C=C(C)CCC1=Cc2ccccc2C(=O)C1=O. The molecule has 0 saturated carbocycles. The van der Waals surface area contributed by atoms with Crippen molar-refractivity contribution in [1.82, 2.24) is 0 Å². The molecule has 0 radical (unpaired) electrons. The quantitative estimate of drug-likeness (QED) is 0.586. The van der Waals surface area contributed by atoms with Gasteiger partial charge in [0.15, 0.2) is 0 Å². The molecule has 0 bridgehead atoms. The van der Waals surface area contributed by atoms with E-state index in [-0.39, 0.29) is 11.6 Å². The van der Waals surface area contributed by atoms with Crippen LogP contribution in [0.2, 0.25) is 0 Å². The fourth-order valence-electron chi connectivity index (χ4n) is 1.88. The number of carbonyl (C=O) groups excluding carboxylic acids is 2. The number of hydrogen-bond acceptors (Lipinski definition) is 2. The lowest BCUT2D eigenvalue weighted by atomic mass is 9.87. The molecule has 17 heavy (non-hydrogen) atoms. The maximum atomic E-state index is 11.9. The van der Waals surface area contributed by atoms with E-state index in [4.69, 9.17) is 0 Å². The Kier molecular flexibility index (Phi) is 3.05. The maximum absolute atomic E-state index is 11.9. The first-order valence-electron chi connectivity index (χ1n) is 5.62. The summed E-state index contributed by atoms with van der Waals surface area (Å²) in [7, 11) is 0. The third-order valence-electron chi connectivity index (χ3n) is 2.85. The predicted molar refractivity (Wildman–Crippen MR) is 67.8 cm³/mol. The zero-order valence-corrected chi connectivity index (χ0v) is 9.82. The van der Waals surface area contributed by atoms with Gasteiger partial charge in [-0.3, -0.25) is 9.59 Å². The van der Waals surface area contributed by atoms with E-state index in [2.05, 4.69) is 6.58 Å². The minimum atomic E-state index is -0.389. The molecule has 0 aliphatic heterocycles. The van der Waals surface area contributed by atoms with Crippen molar-refractivity contribution in [2.24, 2.45) is 0 Å². The summed E-state index contributed by atoms with van der Waals surface area (Å²) >= 11 is 0. The first kappa shape index (κ1) is 11.5. The second-order valence-corrected chi connectivity index (χ2v) is 4.37. The van der Waals surface area contributed by atoms with Crippen molar-refractivity contribution in [3.8, 4) is 0 Å². The Balaban J connectivity index is 2.35.